The van der Waals surface area contributed by atoms with Crippen LogP contribution in [0.15, 0.2) is 247 Å². The largest absolute Gasteiger partial charge is 0.455 e. The van der Waals surface area contributed by atoms with Gasteiger partial charge in [-0.1, -0.05) is 164 Å². The highest BCUT2D eigenvalue weighted by molar-refractivity contribution is 6.14. The van der Waals surface area contributed by atoms with E-state index in [4.69, 9.17) is 4.42 Å². The van der Waals surface area contributed by atoms with Crippen molar-refractivity contribution in [3.8, 4) is 39.1 Å². The molecule has 3 heteroatoms. The lowest BCUT2D eigenvalue weighted by Gasteiger charge is -2.28. The van der Waals surface area contributed by atoms with Crippen LogP contribution in [0.5, 0.6) is 0 Å². The zero-order chi connectivity index (χ0) is 42.8. The molecule has 3 nitrogen and oxygen atoms in total. The van der Waals surface area contributed by atoms with Gasteiger partial charge in [-0.05, 0) is 123 Å². The maximum Gasteiger partial charge on any atom is 0.143 e. The van der Waals surface area contributed by atoms with E-state index < -0.39 is 0 Å². The second-order valence-electron chi connectivity index (χ2n) is 16.9. The molecule has 0 aliphatic carbocycles. The Morgan fingerprint density at radius 3 is 1.58 bits per heavy atom. The molecule has 0 radical (unpaired) electrons. The summed E-state index contributed by atoms with van der Waals surface area (Å²) < 4.78 is 9.20. The molecular weight excluding hydrogens is 789 g/mol. The van der Waals surface area contributed by atoms with Gasteiger partial charge in [0.1, 0.15) is 11.2 Å². The highest BCUT2D eigenvalue weighted by Gasteiger charge is 2.21. The molecule has 0 bridgehead atoms. The summed E-state index contributed by atoms with van der Waals surface area (Å²) in [6.07, 6.45) is 0. The molecule has 0 amide bonds. The lowest BCUT2D eigenvalue weighted by Crippen LogP contribution is -2.11. The van der Waals surface area contributed by atoms with Crippen molar-refractivity contribution in [3.63, 3.8) is 0 Å². The number of hydrogen-bond acceptors (Lipinski definition) is 2. The molecule has 0 saturated carbocycles. The van der Waals surface area contributed by atoms with E-state index in [2.05, 4.69) is 252 Å². The highest BCUT2D eigenvalue weighted by atomic mass is 16.3. The summed E-state index contributed by atoms with van der Waals surface area (Å²) in [5, 5.41) is 9.59. The maximum atomic E-state index is 6.83. The number of para-hydroxylation sites is 4. The molecule has 0 atom stereocenters. The minimum atomic E-state index is 0.883. The van der Waals surface area contributed by atoms with Crippen LogP contribution in [0.3, 0.4) is 0 Å². The van der Waals surface area contributed by atoms with E-state index >= 15 is 0 Å². The standard InChI is InChI=1S/C62H40N2O/c1-2-14-43-38-48(28-27-41(43)13-1)45-18-11-17-44(37-45)42-29-31-49(32-30-42)63(50-33-35-51(36-34-50)64-59-25-9-5-19-52(59)53-20-6-10-26-60(53)64)58-24-8-7-21-54(58)55-22-12-23-56-57-39-46-15-3-4-16-47(46)40-61(57)65-62(55)56/h1-40H. The molecule has 0 unspecified atom stereocenters. The number of hydrogen-bond donors (Lipinski definition) is 0. The van der Waals surface area contributed by atoms with Gasteiger partial charge in [0.15, 0.2) is 0 Å². The molecule has 304 valence electrons. The third kappa shape index (κ3) is 6.20. The molecule has 65 heavy (non-hydrogen) atoms. The van der Waals surface area contributed by atoms with E-state index in [0.29, 0.717) is 0 Å². The molecule has 13 aromatic rings. The molecular formula is C62H40N2O. The summed E-state index contributed by atoms with van der Waals surface area (Å²) in [5.74, 6) is 0. The average molecular weight is 829 g/mol. The van der Waals surface area contributed by atoms with Gasteiger partial charge in [-0.3, -0.25) is 0 Å². The number of rotatable bonds is 7. The van der Waals surface area contributed by atoms with Crippen LogP contribution >= 0.6 is 0 Å². The van der Waals surface area contributed by atoms with Crippen molar-refractivity contribution in [2.45, 2.75) is 0 Å². The monoisotopic (exact) mass is 828 g/mol. The minimum Gasteiger partial charge on any atom is -0.455 e. The summed E-state index contributed by atoms with van der Waals surface area (Å²) in [6, 6.07) is 87.7. The number of anilines is 3. The molecule has 2 aromatic heterocycles. The van der Waals surface area contributed by atoms with Crippen molar-refractivity contribution in [1.82, 2.24) is 4.57 Å². The first-order chi connectivity index (χ1) is 32.2. The van der Waals surface area contributed by atoms with Crippen LogP contribution in [-0.2, 0) is 0 Å². The summed E-state index contributed by atoms with van der Waals surface area (Å²) in [7, 11) is 0. The van der Waals surface area contributed by atoms with Crippen LogP contribution in [0.2, 0.25) is 0 Å². The van der Waals surface area contributed by atoms with E-state index in [1.54, 1.807) is 0 Å². The van der Waals surface area contributed by atoms with Crippen LogP contribution in [-0.4, -0.2) is 4.57 Å². The predicted octanol–water partition coefficient (Wildman–Crippen LogP) is 17.5. The number of nitrogens with zero attached hydrogens (tertiary/aromatic N) is 2. The normalized spacial score (nSPS) is 11.7. The number of fused-ring (bicyclic) bond motifs is 8. The fraction of sp³-hybridized carbons (Fsp3) is 0. The smallest absolute Gasteiger partial charge is 0.143 e. The van der Waals surface area contributed by atoms with Crippen LogP contribution in [0.4, 0.5) is 17.1 Å². The average Bonchev–Trinajstić information content (AvgIpc) is 3.91. The Balaban J connectivity index is 0.950. The van der Waals surface area contributed by atoms with Crippen LogP contribution in [0.25, 0.3) is 104 Å². The molecule has 0 aliphatic rings. The Morgan fingerprint density at radius 1 is 0.323 bits per heavy atom. The van der Waals surface area contributed by atoms with Crippen LogP contribution < -0.4 is 4.90 Å². The van der Waals surface area contributed by atoms with Crippen LogP contribution in [0.1, 0.15) is 0 Å². The molecule has 0 spiro atoms. The molecule has 0 saturated heterocycles. The second-order valence-corrected chi connectivity index (χ2v) is 16.9. The van der Waals surface area contributed by atoms with Gasteiger partial charge in [-0.2, -0.15) is 0 Å². The predicted molar refractivity (Wildman–Crippen MR) is 274 cm³/mol. The van der Waals surface area contributed by atoms with Gasteiger partial charge < -0.3 is 13.9 Å². The van der Waals surface area contributed by atoms with E-state index in [1.807, 2.05) is 0 Å². The van der Waals surface area contributed by atoms with Crippen LogP contribution in [0, 0.1) is 0 Å². The zero-order valence-electron chi connectivity index (χ0n) is 35.4. The summed E-state index contributed by atoms with van der Waals surface area (Å²) in [6.45, 7) is 0. The first kappa shape index (κ1) is 36.9. The van der Waals surface area contributed by atoms with Crippen molar-refractivity contribution in [1.29, 1.82) is 0 Å². The molecule has 0 aliphatic heterocycles. The molecule has 2 heterocycles. The van der Waals surface area contributed by atoms with Gasteiger partial charge in [0.2, 0.25) is 0 Å². The van der Waals surface area contributed by atoms with Crippen molar-refractivity contribution < 1.29 is 4.42 Å². The van der Waals surface area contributed by atoms with E-state index in [1.165, 1.54) is 60.0 Å². The quantitative estimate of drug-likeness (QED) is 0.160. The van der Waals surface area contributed by atoms with E-state index in [0.717, 1.165) is 61.4 Å². The zero-order valence-corrected chi connectivity index (χ0v) is 35.4. The van der Waals surface area contributed by atoms with E-state index in [-0.39, 0.29) is 0 Å². The Bertz CT molecular complexity index is 3900. The van der Waals surface area contributed by atoms with Crippen molar-refractivity contribution in [3.05, 3.63) is 243 Å². The Kier molecular flexibility index (Phi) is 8.53. The summed E-state index contributed by atoms with van der Waals surface area (Å²) in [4.78, 5) is 2.38. The molecule has 0 N–H and O–H groups in total. The molecule has 13 rings (SSSR count). The first-order valence-corrected chi connectivity index (χ1v) is 22.2. The SMILES string of the molecule is c1cc(-c2ccc(N(c3ccc(-n4c5ccccc5c5ccccc54)cc3)c3ccccc3-c3cccc4c3oc3cc5ccccc5cc34)cc2)cc(-c2ccc3ccccc3c2)c1. The minimum absolute atomic E-state index is 0.883. The van der Waals surface area contributed by atoms with Gasteiger partial charge in [-0.15, -0.1) is 0 Å². The highest BCUT2D eigenvalue weighted by Crippen LogP contribution is 2.45. The van der Waals surface area contributed by atoms with Gasteiger partial charge in [-0.25, -0.2) is 0 Å². The lowest BCUT2D eigenvalue weighted by atomic mass is 9.97. The third-order valence-electron chi connectivity index (χ3n) is 13.2. The lowest BCUT2D eigenvalue weighted by molar-refractivity contribution is 0.670. The summed E-state index contributed by atoms with van der Waals surface area (Å²) in [5.41, 5.74) is 15.3. The first-order valence-electron chi connectivity index (χ1n) is 22.2. The Hall–Kier alpha value is -8.66. The fourth-order valence-electron chi connectivity index (χ4n) is 10.0. The van der Waals surface area contributed by atoms with E-state index in [9.17, 15) is 0 Å². The van der Waals surface area contributed by atoms with Crippen molar-refractivity contribution in [2.75, 3.05) is 4.90 Å². The van der Waals surface area contributed by atoms with Gasteiger partial charge in [0, 0.05) is 49.7 Å². The van der Waals surface area contributed by atoms with Crippen molar-refractivity contribution in [2.24, 2.45) is 0 Å². The maximum absolute atomic E-state index is 6.83. The van der Waals surface area contributed by atoms with Gasteiger partial charge in [0.05, 0.1) is 16.7 Å². The fourth-order valence-corrected chi connectivity index (χ4v) is 10.0. The molecule has 11 aromatic carbocycles. The molecule has 0 fully saturated rings. The number of aromatic nitrogens is 1. The number of benzene rings is 11. The van der Waals surface area contributed by atoms with Crippen molar-refractivity contribution >= 4 is 82.4 Å². The number of furan rings is 1. The van der Waals surface area contributed by atoms with Gasteiger partial charge in [0.25, 0.3) is 0 Å². The summed E-state index contributed by atoms with van der Waals surface area (Å²) >= 11 is 0. The topological polar surface area (TPSA) is 21.3 Å². The Morgan fingerprint density at radius 2 is 0.846 bits per heavy atom. The third-order valence-corrected chi connectivity index (χ3v) is 13.2. The Labute approximate surface area is 376 Å². The second kappa shape index (κ2) is 15.0. The van der Waals surface area contributed by atoms with Gasteiger partial charge >= 0.3 is 0 Å².